The molecule has 0 bridgehead atoms. The maximum Gasteiger partial charge on any atom is 0.128 e. The van der Waals surface area contributed by atoms with Crippen LogP contribution >= 0.6 is 0 Å². The van der Waals surface area contributed by atoms with Gasteiger partial charge in [-0.1, -0.05) is 12.1 Å². The van der Waals surface area contributed by atoms with Crippen molar-refractivity contribution in [2.24, 2.45) is 5.73 Å². The minimum atomic E-state index is -0.739. The van der Waals surface area contributed by atoms with Crippen LogP contribution in [0.2, 0.25) is 0 Å². The highest BCUT2D eigenvalue weighted by atomic mass is 19.1. The van der Waals surface area contributed by atoms with E-state index in [0.717, 1.165) is 5.56 Å². The van der Waals surface area contributed by atoms with Crippen molar-refractivity contribution in [2.75, 3.05) is 0 Å². The van der Waals surface area contributed by atoms with Crippen LogP contribution in [0.1, 0.15) is 24.1 Å². The van der Waals surface area contributed by atoms with Crippen molar-refractivity contribution in [2.45, 2.75) is 26.0 Å². The highest BCUT2D eigenvalue weighted by Crippen LogP contribution is 2.18. The monoisotopic (exact) mass is 183 g/mol. The topological polar surface area (TPSA) is 46.2 Å². The number of benzene rings is 1. The Bertz CT molecular complexity index is 299. The van der Waals surface area contributed by atoms with Gasteiger partial charge in [0.1, 0.15) is 5.82 Å². The van der Waals surface area contributed by atoms with E-state index in [1.54, 1.807) is 26.0 Å². The van der Waals surface area contributed by atoms with Crippen molar-refractivity contribution in [1.29, 1.82) is 0 Å². The summed E-state index contributed by atoms with van der Waals surface area (Å²) in [4.78, 5) is 0. The summed E-state index contributed by atoms with van der Waals surface area (Å²) in [6.07, 6.45) is -0.739. The van der Waals surface area contributed by atoms with Crippen molar-refractivity contribution in [1.82, 2.24) is 0 Å². The molecule has 0 heterocycles. The first-order valence-electron chi connectivity index (χ1n) is 4.22. The van der Waals surface area contributed by atoms with Gasteiger partial charge in [-0.15, -0.1) is 0 Å². The lowest BCUT2D eigenvalue weighted by Crippen LogP contribution is -2.24. The van der Waals surface area contributed by atoms with Crippen LogP contribution in [0.15, 0.2) is 18.2 Å². The predicted octanol–water partition coefficient (Wildman–Crippen LogP) is 1.51. The number of rotatable bonds is 2. The molecule has 2 nitrogen and oxygen atoms in total. The molecule has 1 rings (SSSR count). The van der Waals surface area contributed by atoms with Crippen molar-refractivity contribution in [3.05, 3.63) is 35.1 Å². The molecule has 0 saturated heterocycles. The fraction of sp³-hybridized carbons (Fsp3) is 0.400. The minimum absolute atomic E-state index is 0.353. The zero-order chi connectivity index (χ0) is 10.0. The summed E-state index contributed by atoms with van der Waals surface area (Å²) in [7, 11) is 0. The molecule has 2 unspecified atom stereocenters. The first kappa shape index (κ1) is 10.2. The Labute approximate surface area is 77.2 Å². The van der Waals surface area contributed by atoms with Gasteiger partial charge in [0.25, 0.3) is 0 Å². The average molecular weight is 183 g/mol. The van der Waals surface area contributed by atoms with Gasteiger partial charge in [0.05, 0.1) is 12.1 Å². The second-order valence-corrected chi connectivity index (χ2v) is 3.29. The van der Waals surface area contributed by atoms with Crippen LogP contribution in [0.4, 0.5) is 4.39 Å². The third-order valence-corrected chi connectivity index (χ3v) is 2.03. The van der Waals surface area contributed by atoms with E-state index < -0.39 is 12.1 Å². The van der Waals surface area contributed by atoms with Crippen LogP contribution in [0.3, 0.4) is 0 Å². The molecule has 3 heteroatoms. The Morgan fingerprint density at radius 1 is 1.46 bits per heavy atom. The molecule has 0 spiro atoms. The van der Waals surface area contributed by atoms with Crippen molar-refractivity contribution in [3.8, 4) is 0 Å². The number of aliphatic hydroxyl groups excluding tert-OH is 1. The third-order valence-electron chi connectivity index (χ3n) is 2.03. The zero-order valence-corrected chi connectivity index (χ0v) is 7.79. The maximum atomic E-state index is 13.3. The van der Waals surface area contributed by atoms with Gasteiger partial charge in [-0.2, -0.15) is 0 Å². The lowest BCUT2D eigenvalue weighted by atomic mass is 10.0. The molecule has 3 N–H and O–H groups in total. The molecular weight excluding hydrogens is 169 g/mol. The predicted molar refractivity (Wildman–Crippen MR) is 49.7 cm³/mol. The smallest absolute Gasteiger partial charge is 0.128 e. The van der Waals surface area contributed by atoms with E-state index in [9.17, 15) is 9.50 Å². The van der Waals surface area contributed by atoms with E-state index in [1.165, 1.54) is 6.07 Å². The number of aliphatic hydroxyl groups is 1. The van der Waals surface area contributed by atoms with Crippen LogP contribution in [0, 0.1) is 12.7 Å². The second kappa shape index (κ2) is 3.85. The van der Waals surface area contributed by atoms with Crippen LogP contribution in [-0.2, 0) is 0 Å². The van der Waals surface area contributed by atoms with E-state index in [-0.39, 0.29) is 5.82 Å². The second-order valence-electron chi connectivity index (χ2n) is 3.29. The Hall–Kier alpha value is -0.930. The summed E-state index contributed by atoms with van der Waals surface area (Å²) in [6, 6.07) is 4.15. The molecule has 2 atom stereocenters. The maximum absolute atomic E-state index is 13.3. The molecular formula is C10H14FNO. The number of nitrogens with two attached hydrogens (primary N) is 1. The molecule has 0 saturated carbocycles. The van der Waals surface area contributed by atoms with Gasteiger partial charge in [-0.25, -0.2) is 4.39 Å². The summed E-state index contributed by atoms with van der Waals surface area (Å²) in [6.45, 7) is 3.35. The van der Waals surface area contributed by atoms with Crippen molar-refractivity contribution >= 4 is 0 Å². The summed E-state index contributed by atoms with van der Waals surface area (Å²) in [5.41, 5.74) is 6.81. The molecule has 0 fully saturated rings. The van der Waals surface area contributed by atoms with E-state index in [1.807, 2.05) is 0 Å². The van der Waals surface area contributed by atoms with Gasteiger partial charge in [-0.3, -0.25) is 0 Å². The first-order valence-corrected chi connectivity index (χ1v) is 4.22. The summed E-state index contributed by atoms with van der Waals surface area (Å²) >= 11 is 0. The molecule has 0 radical (unpaired) electrons. The Morgan fingerprint density at radius 3 is 2.54 bits per heavy atom. The van der Waals surface area contributed by atoms with E-state index in [0.29, 0.717) is 5.56 Å². The van der Waals surface area contributed by atoms with Gasteiger partial charge < -0.3 is 10.8 Å². The van der Waals surface area contributed by atoms with Crippen LogP contribution < -0.4 is 5.73 Å². The summed E-state index contributed by atoms with van der Waals surface area (Å²) < 4.78 is 13.3. The molecule has 0 aliphatic heterocycles. The lowest BCUT2D eigenvalue weighted by molar-refractivity contribution is 0.162. The molecule has 0 aliphatic rings. The van der Waals surface area contributed by atoms with Crippen LogP contribution in [0.5, 0.6) is 0 Å². The van der Waals surface area contributed by atoms with E-state index in [4.69, 9.17) is 5.73 Å². The number of aryl methyl sites for hydroxylation is 1. The number of hydrogen-bond donors (Lipinski definition) is 2. The summed E-state index contributed by atoms with van der Waals surface area (Å²) in [5, 5.41) is 9.18. The van der Waals surface area contributed by atoms with Gasteiger partial charge >= 0.3 is 0 Å². The number of hydrogen-bond acceptors (Lipinski definition) is 2. The average Bonchev–Trinajstić information content (AvgIpc) is 2.03. The first-order chi connectivity index (χ1) is 6.02. The van der Waals surface area contributed by atoms with Gasteiger partial charge in [0, 0.05) is 5.56 Å². The Kier molecular flexibility index (Phi) is 3.01. The van der Waals surface area contributed by atoms with Crippen molar-refractivity contribution < 1.29 is 9.50 Å². The zero-order valence-electron chi connectivity index (χ0n) is 7.79. The molecule has 1 aromatic carbocycles. The van der Waals surface area contributed by atoms with E-state index >= 15 is 0 Å². The lowest BCUT2D eigenvalue weighted by Gasteiger charge is -2.15. The minimum Gasteiger partial charge on any atom is -0.391 e. The molecule has 13 heavy (non-hydrogen) atoms. The third kappa shape index (κ3) is 2.26. The quantitative estimate of drug-likeness (QED) is 0.730. The normalized spacial score (nSPS) is 15.5. The molecule has 0 amide bonds. The van der Waals surface area contributed by atoms with Gasteiger partial charge in [-0.05, 0) is 25.5 Å². The molecule has 0 aliphatic carbocycles. The standard InChI is InChI=1S/C10H14FNO/c1-6-3-4-8(9(11)5-6)10(12)7(2)13/h3-5,7,10,13H,12H2,1-2H3. The van der Waals surface area contributed by atoms with Crippen LogP contribution in [0.25, 0.3) is 0 Å². The Morgan fingerprint density at radius 2 is 2.08 bits per heavy atom. The summed E-state index contributed by atoms with van der Waals surface area (Å²) in [5.74, 6) is -0.353. The fourth-order valence-corrected chi connectivity index (χ4v) is 1.16. The van der Waals surface area contributed by atoms with Crippen LogP contribution in [-0.4, -0.2) is 11.2 Å². The van der Waals surface area contributed by atoms with Crippen molar-refractivity contribution in [3.63, 3.8) is 0 Å². The van der Waals surface area contributed by atoms with Gasteiger partial charge in [0.2, 0.25) is 0 Å². The molecule has 1 aromatic rings. The molecule has 0 aromatic heterocycles. The highest BCUT2D eigenvalue weighted by molar-refractivity contribution is 5.26. The highest BCUT2D eigenvalue weighted by Gasteiger charge is 2.15. The molecule has 72 valence electrons. The van der Waals surface area contributed by atoms with E-state index in [2.05, 4.69) is 0 Å². The van der Waals surface area contributed by atoms with Gasteiger partial charge in [0.15, 0.2) is 0 Å². The largest absolute Gasteiger partial charge is 0.391 e. The SMILES string of the molecule is Cc1ccc(C(N)C(C)O)c(F)c1. The fourth-order valence-electron chi connectivity index (χ4n) is 1.16. The number of halogens is 1. The Balaban J connectivity index is 3.01.